The first-order chi connectivity index (χ1) is 12.6. The highest BCUT2D eigenvalue weighted by molar-refractivity contribution is 6.05. The number of piperidine rings is 2. The third-order valence-corrected chi connectivity index (χ3v) is 6.30. The van der Waals surface area contributed by atoms with Crippen LogP contribution in [0.15, 0.2) is 18.2 Å². The van der Waals surface area contributed by atoms with Crippen molar-refractivity contribution in [1.82, 2.24) is 20.9 Å². The molecule has 0 bridgehead atoms. The molecule has 1 aromatic carbocycles. The van der Waals surface area contributed by atoms with Crippen molar-refractivity contribution in [2.45, 2.75) is 43.9 Å². The Bertz CT molecular complexity index is 823. The molecule has 3 heterocycles. The lowest BCUT2D eigenvalue weighted by molar-refractivity contribution is -0.136. The first kappa shape index (κ1) is 16.0. The molecule has 1 aromatic rings. The zero-order valence-electron chi connectivity index (χ0n) is 14.5. The minimum Gasteiger partial charge on any atom is -0.322 e. The summed E-state index contributed by atoms with van der Waals surface area (Å²) in [7, 11) is 0. The number of imide groups is 1. The monoisotopic (exact) mass is 354 g/mol. The van der Waals surface area contributed by atoms with Gasteiger partial charge in [0.05, 0.1) is 0 Å². The summed E-state index contributed by atoms with van der Waals surface area (Å²) in [4.78, 5) is 37.9. The van der Waals surface area contributed by atoms with Crippen molar-refractivity contribution in [2.75, 3.05) is 13.1 Å². The molecule has 7 heteroatoms. The second-order valence-electron chi connectivity index (χ2n) is 7.93. The van der Waals surface area contributed by atoms with Crippen molar-refractivity contribution >= 4 is 17.7 Å². The van der Waals surface area contributed by atoms with Crippen LogP contribution in [-0.2, 0) is 22.7 Å². The Hall–Kier alpha value is -2.25. The molecule has 26 heavy (non-hydrogen) atoms. The highest BCUT2D eigenvalue weighted by atomic mass is 16.2. The van der Waals surface area contributed by atoms with Crippen LogP contribution in [-0.4, -0.2) is 47.3 Å². The molecule has 1 unspecified atom stereocenters. The molecular formula is C19H22N4O3. The van der Waals surface area contributed by atoms with Gasteiger partial charge in [0, 0.05) is 37.2 Å². The van der Waals surface area contributed by atoms with Gasteiger partial charge < -0.3 is 15.5 Å². The van der Waals surface area contributed by atoms with Gasteiger partial charge in [0.15, 0.2) is 0 Å². The summed E-state index contributed by atoms with van der Waals surface area (Å²) in [5.41, 5.74) is 2.98. The molecule has 0 spiro atoms. The number of amides is 3. The van der Waals surface area contributed by atoms with Crippen LogP contribution < -0.4 is 16.0 Å². The Balaban J connectivity index is 1.30. The number of hydrogen-bond donors (Lipinski definition) is 3. The zero-order valence-corrected chi connectivity index (χ0v) is 14.5. The van der Waals surface area contributed by atoms with Gasteiger partial charge in [0.1, 0.15) is 6.04 Å². The largest absolute Gasteiger partial charge is 0.322 e. The predicted molar refractivity (Wildman–Crippen MR) is 93.0 cm³/mol. The van der Waals surface area contributed by atoms with E-state index in [4.69, 9.17) is 0 Å². The summed E-state index contributed by atoms with van der Waals surface area (Å²) < 4.78 is 0. The molecule has 1 aliphatic carbocycles. The van der Waals surface area contributed by atoms with E-state index in [0.29, 0.717) is 18.5 Å². The Kier molecular flexibility index (Phi) is 3.45. The third kappa shape index (κ3) is 2.46. The summed E-state index contributed by atoms with van der Waals surface area (Å²) >= 11 is 0. The highest BCUT2D eigenvalue weighted by Crippen LogP contribution is 2.46. The SMILES string of the molecule is O=C1CCC(N2Cc3ccc(CN[C@@]45CNC[C@@H]4C5)cc3C2=O)C(=O)N1. The van der Waals surface area contributed by atoms with Crippen molar-refractivity contribution < 1.29 is 14.4 Å². The molecule has 7 nitrogen and oxygen atoms in total. The predicted octanol–water partition coefficient (Wildman–Crippen LogP) is -0.101. The Labute approximate surface area is 151 Å². The van der Waals surface area contributed by atoms with Gasteiger partial charge in [-0.3, -0.25) is 19.7 Å². The van der Waals surface area contributed by atoms with Gasteiger partial charge in [-0.25, -0.2) is 0 Å². The lowest BCUT2D eigenvalue weighted by Gasteiger charge is -2.29. The molecule has 4 aliphatic rings. The number of benzene rings is 1. The van der Waals surface area contributed by atoms with Crippen LogP contribution in [0.4, 0.5) is 0 Å². The summed E-state index contributed by atoms with van der Waals surface area (Å²) in [6, 6.07) is 5.45. The first-order valence-electron chi connectivity index (χ1n) is 9.28. The molecule has 3 N–H and O–H groups in total. The number of nitrogens with one attached hydrogen (secondary N) is 3. The Morgan fingerprint density at radius 1 is 1.27 bits per heavy atom. The maximum Gasteiger partial charge on any atom is 0.255 e. The van der Waals surface area contributed by atoms with Gasteiger partial charge in [0.2, 0.25) is 11.8 Å². The highest BCUT2D eigenvalue weighted by Gasteiger charge is 2.56. The van der Waals surface area contributed by atoms with E-state index in [1.807, 2.05) is 12.1 Å². The molecule has 3 amide bonds. The summed E-state index contributed by atoms with van der Waals surface area (Å²) in [5, 5.41) is 9.40. The molecule has 3 fully saturated rings. The topological polar surface area (TPSA) is 90.5 Å². The van der Waals surface area contributed by atoms with Crippen molar-refractivity contribution in [1.29, 1.82) is 0 Å². The van der Waals surface area contributed by atoms with Crippen LogP contribution in [0.2, 0.25) is 0 Å². The van der Waals surface area contributed by atoms with Crippen molar-refractivity contribution in [3.63, 3.8) is 0 Å². The van der Waals surface area contributed by atoms with Crippen LogP contribution in [0.5, 0.6) is 0 Å². The number of nitrogens with zero attached hydrogens (tertiary/aromatic N) is 1. The fraction of sp³-hybridized carbons (Fsp3) is 0.526. The standard InChI is InChI=1S/C19H22N4O3/c24-16-4-3-15(17(25)22-16)23-9-12-2-1-11(5-14(12)18(23)26)7-21-19-6-13(19)8-20-10-19/h1-2,5,13,15,20-21H,3-4,6-10H2,(H,22,24,25)/t13-,15?,19-/m0/s1. The maximum atomic E-state index is 12.8. The minimum atomic E-state index is -0.551. The van der Waals surface area contributed by atoms with E-state index in [2.05, 4.69) is 22.0 Å². The van der Waals surface area contributed by atoms with E-state index in [1.54, 1.807) is 4.90 Å². The fourth-order valence-corrected chi connectivity index (χ4v) is 4.60. The van der Waals surface area contributed by atoms with Gasteiger partial charge in [-0.15, -0.1) is 0 Å². The molecule has 0 radical (unpaired) electrons. The summed E-state index contributed by atoms with van der Waals surface area (Å²) in [5.74, 6) is 0.00255. The molecule has 0 aromatic heterocycles. The lowest BCUT2D eigenvalue weighted by Crippen LogP contribution is -2.52. The van der Waals surface area contributed by atoms with Gasteiger partial charge in [-0.05, 0) is 42.5 Å². The van der Waals surface area contributed by atoms with E-state index in [0.717, 1.165) is 36.7 Å². The van der Waals surface area contributed by atoms with Crippen LogP contribution >= 0.6 is 0 Å². The second-order valence-corrected chi connectivity index (χ2v) is 7.93. The van der Waals surface area contributed by atoms with Crippen LogP contribution in [0.25, 0.3) is 0 Å². The van der Waals surface area contributed by atoms with Crippen molar-refractivity contribution in [3.05, 3.63) is 34.9 Å². The van der Waals surface area contributed by atoms with Gasteiger partial charge >= 0.3 is 0 Å². The molecule has 2 saturated heterocycles. The third-order valence-electron chi connectivity index (χ3n) is 6.30. The first-order valence-corrected chi connectivity index (χ1v) is 9.28. The molecule has 136 valence electrons. The van der Waals surface area contributed by atoms with Gasteiger partial charge in [0.25, 0.3) is 5.91 Å². The zero-order chi connectivity index (χ0) is 17.9. The lowest BCUT2D eigenvalue weighted by atomic mass is 10.0. The van der Waals surface area contributed by atoms with Gasteiger partial charge in [-0.1, -0.05) is 12.1 Å². The number of rotatable bonds is 4. The van der Waals surface area contributed by atoms with Crippen molar-refractivity contribution in [2.24, 2.45) is 5.92 Å². The van der Waals surface area contributed by atoms with E-state index in [9.17, 15) is 14.4 Å². The molecule has 1 saturated carbocycles. The normalized spacial score (nSPS) is 32.5. The average Bonchev–Trinajstić information content (AvgIpc) is 3.00. The van der Waals surface area contributed by atoms with E-state index >= 15 is 0 Å². The van der Waals surface area contributed by atoms with E-state index in [-0.39, 0.29) is 29.7 Å². The molecular weight excluding hydrogens is 332 g/mol. The number of carbonyl (C=O) groups is 3. The van der Waals surface area contributed by atoms with Gasteiger partial charge in [-0.2, -0.15) is 0 Å². The maximum absolute atomic E-state index is 12.8. The van der Waals surface area contributed by atoms with Crippen LogP contribution in [0.3, 0.4) is 0 Å². The quantitative estimate of drug-likeness (QED) is 0.657. The molecule has 3 aliphatic heterocycles. The summed E-state index contributed by atoms with van der Waals surface area (Å²) in [6.07, 6.45) is 1.91. The van der Waals surface area contributed by atoms with Crippen LogP contribution in [0, 0.1) is 5.92 Å². The average molecular weight is 354 g/mol. The fourth-order valence-electron chi connectivity index (χ4n) is 4.60. The van der Waals surface area contributed by atoms with E-state index in [1.165, 1.54) is 6.42 Å². The van der Waals surface area contributed by atoms with Crippen molar-refractivity contribution in [3.8, 4) is 0 Å². The number of carbonyl (C=O) groups excluding carboxylic acids is 3. The second kappa shape index (κ2) is 5.62. The minimum absolute atomic E-state index is 0.110. The Morgan fingerprint density at radius 2 is 2.15 bits per heavy atom. The summed E-state index contributed by atoms with van der Waals surface area (Å²) in [6.45, 7) is 3.29. The Morgan fingerprint density at radius 3 is 2.88 bits per heavy atom. The van der Waals surface area contributed by atoms with E-state index < -0.39 is 6.04 Å². The molecule has 5 rings (SSSR count). The number of fused-ring (bicyclic) bond motifs is 2. The smallest absolute Gasteiger partial charge is 0.255 e. The number of hydrogen-bond acceptors (Lipinski definition) is 5. The van der Waals surface area contributed by atoms with Crippen LogP contribution in [0.1, 0.15) is 40.7 Å². The molecule has 3 atom stereocenters.